The van der Waals surface area contributed by atoms with E-state index in [1.807, 2.05) is 17.4 Å². The summed E-state index contributed by atoms with van der Waals surface area (Å²) in [7, 11) is 0. The summed E-state index contributed by atoms with van der Waals surface area (Å²) in [6.07, 6.45) is 0. The second-order valence-electron chi connectivity index (χ2n) is 14.5. The molecule has 11 aromatic rings. The molecule has 0 unspecified atom stereocenters. The lowest BCUT2D eigenvalue weighted by molar-refractivity contribution is 1.19. The van der Waals surface area contributed by atoms with Crippen LogP contribution in [0, 0.1) is 0 Å². The van der Waals surface area contributed by atoms with E-state index in [1.165, 1.54) is 64.0 Å². The summed E-state index contributed by atoms with van der Waals surface area (Å²) in [5.74, 6) is 0.698. The van der Waals surface area contributed by atoms with Crippen LogP contribution in [0.5, 0.6) is 0 Å². The number of rotatable bonds is 6. The van der Waals surface area contributed by atoms with Gasteiger partial charge < -0.3 is 0 Å². The van der Waals surface area contributed by atoms with Gasteiger partial charge in [-0.3, -0.25) is 0 Å². The molecule has 0 saturated carbocycles. The van der Waals surface area contributed by atoms with E-state index in [0.29, 0.717) is 5.82 Å². The molecule has 0 aliphatic rings. The molecule has 3 heteroatoms. The van der Waals surface area contributed by atoms with Crippen LogP contribution >= 0.6 is 11.3 Å². The summed E-state index contributed by atoms with van der Waals surface area (Å²) in [6, 6.07) is 74.0. The summed E-state index contributed by atoms with van der Waals surface area (Å²) in [5, 5.41) is 7.38. The van der Waals surface area contributed by atoms with Crippen molar-refractivity contribution >= 4 is 53.1 Å². The van der Waals surface area contributed by atoms with Gasteiger partial charge in [0.15, 0.2) is 5.82 Å². The Balaban J connectivity index is 1.20. The van der Waals surface area contributed by atoms with Crippen molar-refractivity contribution in [3.63, 3.8) is 0 Å². The fraction of sp³-hybridized carbons (Fsp3) is 0. The molecule has 2 heterocycles. The summed E-state index contributed by atoms with van der Waals surface area (Å²) in [6.45, 7) is 0. The Morgan fingerprint density at radius 3 is 1.63 bits per heavy atom. The third kappa shape index (κ3) is 5.88. The Morgan fingerprint density at radius 2 is 0.842 bits per heavy atom. The molecule has 0 saturated heterocycles. The van der Waals surface area contributed by atoms with Gasteiger partial charge in [0.05, 0.1) is 11.4 Å². The van der Waals surface area contributed by atoms with Crippen molar-refractivity contribution in [1.82, 2.24) is 9.97 Å². The first kappa shape index (κ1) is 33.2. The van der Waals surface area contributed by atoms with Gasteiger partial charge >= 0.3 is 0 Å². The van der Waals surface area contributed by atoms with Gasteiger partial charge in [-0.1, -0.05) is 170 Å². The van der Waals surface area contributed by atoms with Gasteiger partial charge in [0.2, 0.25) is 0 Å². The van der Waals surface area contributed by atoms with Crippen molar-refractivity contribution in [3.05, 3.63) is 206 Å². The smallest absolute Gasteiger partial charge is 0.160 e. The molecule has 9 aromatic carbocycles. The minimum atomic E-state index is 0.698. The van der Waals surface area contributed by atoms with Crippen LogP contribution in [-0.2, 0) is 0 Å². The predicted octanol–water partition coefficient (Wildman–Crippen LogP) is 15.2. The van der Waals surface area contributed by atoms with E-state index in [9.17, 15) is 0 Å². The number of aromatic nitrogens is 2. The van der Waals surface area contributed by atoms with E-state index in [1.54, 1.807) is 0 Å². The lowest BCUT2D eigenvalue weighted by atomic mass is 9.90. The van der Waals surface area contributed by atoms with E-state index in [-0.39, 0.29) is 0 Å². The maximum atomic E-state index is 5.38. The van der Waals surface area contributed by atoms with Crippen molar-refractivity contribution in [2.75, 3.05) is 0 Å². The molecule has 57 heavy (non-hydrogen) atoms. The van der Waals surface area contributed by atoms with E-state index < -0.39 is 0 Å². The molecule has 0 fully saturated rings. The van der Waals surface area contributed by atoms with Gasteiger partial charge in [0.1, 0.15) is 0 Å². The van der Waals surface area contributed by atoms with Crippen LogP contribution in [0.25, 0.3) is 109 Å². The fourth-order valence-corrected chi connectivity index (χ4v) is 9.62. The zero-order valence-corrected chi connectivity index (χ0v) is 31.7. The van der Waals surface area contributed by atoms with Crippen LogP contribution in [0.3, 0.4) is 0 Å². The van der Waals surface area contributed by atoms with Crippen molar-refractivity contribution in [3.8, 4) is 67.3 Å². The number of fused-ring (bicyclic) bond motifs is 6. The van der Waals surface area contributed by atoms with Crippen molar-refractivity contribution < 1.29 is 0 Å². The highest BCUT2D eigenvalue weighted by Gasteiger charge is 2.18. The van der Waals surface area contributed by atoms with Crippen molar-refractivity contribution in [2.45, 2.75) is 0 Å². The van der Waals surface area contributed by atoms with Crippen LogP contribution in [0.2, 0.25) is 0 Å². The number of nitrogens with zero attached hydrogens (tertiary/aromatic N) is 2. The van der Waals surface area contributed by atoms with Crippen LogP contribution < -0.4 is 0 Å². The summed E-state index contributed by atoms with van der Waals surface area (Å²) < 4.78 is 2.58. The predicted molar refractivity (Wildman–Crippen MR) is 243 cm³/mol. The van der Waals surface area contributed by atoms with Gasteiger partial charge in [-0.05, 0) is 91.3 Å². The van der Waals surface area contributed by atoms with E-state index in [4.69, 9.17) is 9.97 Å². The number of hydrogen-bond acceptors (Lipinski definition) is 3. The molecule has 0 radical (unpaired) electrons. The monoisotopic (exact) mass is 742 g/mol. The Morgan fingerprint density at radius 1 is 0.298 bits per heavy atom. The van der Waals surface area contributed by atoms with Crippen LogP contribution in [-0.4, -0.2) is 9.97 Å². The average Bonchev–Trinajstić information content (AvgIpc) is 3.68. The molecular weight excluding hydrogens is 709 g/mol. The van der Waals surface area contributed by atoms with Crippen LogP contribution in [0.1, 0.15) is 0 Å². The third-order valence-corrected chi connectivity index (χ3v) is 12.3. The molecule has 0 aliphatic carbocycles. The molecule has 2 nitrogen and oxygen atoms in total. The second kappa shape index (κ2) is 13.8. The molecule has 2 aromatic heterocycles. The lowest BCUT2D eigenvalue weighted by Crippen LogP contribution is -1.97. The van der Waals surface area contributed by atoms with Crippen LogP contribution in [0.4, 0.5) is 0 Å². The van der Waals surface area contributed by atoms with Crippen LogP contribution in [0.15, 0.2) is 206 Å². The highest BCUT2D eigenvalue weighted by atomic mass is 32.1. The standard InChI is InChI=1S/C54H34N2S/c1-3-16-35(17-4-1)41-21-9-10-23-43(41)38-30-39(44-27-15-28-48-47-26-13-14-29-52(47)57-53(44)48)32-40(31-38)50-34-51(56-54(55-50)36-18-5-2-6-19-36)49-33-37-20-7-8-22-42(37)45-24-11-12-25-46(45)49/h1-34H. The fourth-order valence-electron chi connectivity index (χ4n) is 8.38. The maximum Gasteiger partial charge on any atom is 0.160 e. The molecule has 11 rings (SSSR count). The Hall–Kier alpha value is -7.20. The van der Waals surface area contributed by atoms with Gasteiger partial charge in [0.25, 0.3) is 0 Å². The van der Waals surface area contributed by atoms with Gasteiger partial charge in [-0.15, -0.1) is 11.3 Å². The molecular formula is C54H34N2S. The molecule has 0 N–H and O–H groups in total. The highest BCUT2D eigenvalue weighted by Crippen LogP contribution is 2.44. The summed E-state index contributed by atoms with van der Waals surface area (Å²) >= 11 is 1.86. The van der Waals surface area contributed by atoms with Gasteiger partial charge in [0, 0.05) is 36.9 Å². The van der Waals surface area contributed by atoms with Gasteiger partial charge in [-0.2, -0.15) is 0 Å². The molecule has 266 valence electrons. The second-order valence-corrected chi connectivity index (χ2v) is 15.6. The zero-order chi connectivity index (χ0) is 37.7. The summed E-state index contributed by atoms with van der Waals surface area (Å²) in [4.78, 5) is 10.7. The third-order valence-electron chi connectivity index (χ3n) is 11.1. The number of benzene rings is 9. The molecule has 0 amide bonds. The topological polar surface area (TPSA) is 25.8 Å². The number of thiophene rings is 1. The van der Waals surface area contributed by atoms with E-state index in [0.717, 1.165) is 39.2 Å². The van der Waals surface area contributed by atoms with Crippen molar-refractivity contribution in [1.29, 1.82) is 0 Å². The first-order valence-electron chi connectivity index (χ1n) is 19.3. The van der Waals surface area contributed by atoms with E-state index in [2.05, 4.69) is 200 Å². The van der Waals surface area contributed by atoms with Crippen molar-refractivity contribution in [2.24, 2.45) is 0 Å². The molecule has 0 aliphatic heterocycles. The minimum Gasteiger partial charge on any atom is -0.228 e. The molecule has 0 bridgehead atoms. The lowest BCUT2D eigenvalue weighted by Gasteiger charge is -2.16. The normalized spacial score (nSPS) is 11.5. The maximum absolute atomic E-state index is 5.38. The minimum absolute atomic E-state index is 0.698. The first-order chi connectivity index (χ1) is 28.2. The first-order valence-corrected chi connectivity index (χ1v) is 20.1. The van der Waals surface area contributed by atoms with Gasteiger partial charge in [-0.25, -0.2) is 9.97 Å². The quantitative estimate of drug-likeness (QED) is 0.159. The molecule has 0 atom stereocenters. The Bertz CT molecular complexity index is 3290. The SMILES string of the molecule is c1ccc(-c2nc(-c3cc(-c4ccccc4-c4ccccc4)cc(-c4cccc5c4sc4ccccc45)c3)cc(-c3cc4ccccc4c4ccccc34)n2)cc1. The molecule has 0 spiro atoms. The Kier molecular flexibility index (Phi) is 8.04. The zero-order valence-electron chi connectivity index (χ0n) is 30.9. The van der Waals surface area contributed by atoms with E-state index >= 15 is 0 Å². The average molecular weight is 743 g/mol. The Labute approximate surface area is 335 Å². The highest BCUT2D eigenvalue weighted by molar-refractivity contribution is 7.26. The largest absolute Gasteiger partial charge is 0.228 e. The summed E-state index contributed by atoms with van der Waals surface area (Å²) in [5.41, 5.74) is 11.9. The number of hydrogen-bond donors (Lipinski definition) is 0.